The third kappa shape index (κ3) is 1.28. The third-order valence-corrected chi connectivity index (χ3v) is 2.47. The summed E-state index contributed by atoms with van der Waals surface area (Å²) >= 11 is 0. The van der Waals surface area contributed by atoms with Crippen LogP contribution in [0.2, 0.25) is 0 Å². The summed E-state index contributed by atoms with van der Waals surface area (Å²) < 4.78 is 22.8. The van der Waals surface area contributed by atoms with Crippen molar-refractivity contribution < 1.29 is 13.5 Å². The van der Waals surface area contributed by atoms with Gasteiger partial charge < -0.3 is 5.11 Å². The summed E-state index contributed by atoms with van der Waals surface area (Å²) in [4.78, 5) is -0.315. The van der Waals surface area contributed by atoms with Crippen LogP contribution in [-0.4, -0.2) is 23.3 Å². The molecule has 0 amide bonds. The van der Waals surface area contributed by atoms with E-state index >= 15 is 0 Å². The van der Waals surface area contributed by atoms with Gasteiger partial charge in [-0.25, -0.2) is 18.2 Å². The Hall–Kier alpha value is -1.08. The number of nitrogens with two attached hydrogens (primary N) is 1. The van der Waals surface area contributed by atoms with E-state index in [1.165, 1.54) is 14.0 Å². The topological polar surface area (TPSA) is 98.2 Å². The summed E-state index contributed by atoms with van der Waals surface area (Å²) in [5.74, 6) is -0.435. The molecule has 0 aliphatic rings. The second-order valence-corrected chi connectivity index (χ2v) is 3.91. The lowest BCUT2D eigenvalue weighted by Crippen LogP contribution is -2.12. The van der Waals surface area contributed by atoms with Gasteiger partial charge in [-0.15, -0.1) is 0 Å². The van der Waals surface area contributed by atoms with Gasteiger partial charge >= 0.3 is 0 Å². The largest absolute Gasteiger partial charge is 0.492 e. The highest BCUT2D eigenvalue weighted by molar-refractivity contribution is 7.89. The first-order chi connectivity index (χ1) is 5.34. The van der Waals surface area contributed by atoms with Crippen molar-refractivity contribution in [3.63, 3.8) is 0 Å². The van der Waals surface area contributed by atoms with Crippen LogP contribution in [0.15, 0.2) is 4.90 Å². The van der Waals surface area contributed by atoms with Crippen LogP contribution in [0, 0.1) is 6.92 Å². The van der Waals surface area contributed by atoms with Crippen LogP contribution in [0.25, 0.3) is 0 Å². The maximum absolute atomic E-state index is 10.9. The monoisotopic (exact) mass is 191 g/mol. The lowest BCUT2D eigenvalue weighted by molar-refractivity contribution is 0.407. The second-order valence-electron chi connectivity index (χ2n) is 2.41. The quantitative estimate of drug-likeness (QED) is 0.599. The van der Waals surface area contributed by atoms with Crippen LogP contribution in [0.4, 0.5) is 0 Å². The first kappa shape index (κ1) is 9.01. The van der Waals surface area contributed by atoms with E-state index in [1.807, 2.05) is 0 Å². The van der Waals surface area contributed by atoms with Gasteiger partial charge in [0.05, 0.1) is 5.69 Å². The number of aryl methyl sites for hydroxylation is 2. The van der Waals surface area contributed by atoms with Crippen molar-refractivity contribution in [2.75, 3.05) is 0 Å². The summed E-state index contributed by atoms with van der Waals surface area (Å²) in [6.45, 7) is 1.46. The molecule has 6 nitrogen and oxygen atoms in total. The molecule has 0 atom stereocenters. The Bertz CT molecular complexity index is 406. The summed E-state index contributed by atoms with van der Waals surface area (Å²) in [6, 6.07) is 0. The fraction of sp³-hybridized carbons (Fsp3) is 0.400. The van der Waals surface area contributed by atoms with E-state index in [2.05, 4.69) is 5.10 Å². The first-order valence-corrected chi connectivity index (χ1v) is 4.64. The number of sulfonamides is 1. The molecule has 0 saturated carbocycles. The molecule has 1 aromatic rings. The molecule has 68 valence electrons. The van der Waals surface area contributed by atoms with E-state index in [4.69, 9.17) is 5.14 Å². The average Bonchev–Trinajstić information content (AvgIpc) is 2.05. The van der Waals surface area contributed by atoms with Gasteiger partial charge in [-0.2, -0.15) is 5.10 Å². The van der Waals surface area contributed by atoms with Crippen LogP contribution in [0.5, 0.6) is 5.88 Å². The molecule has 1 heterocycles. The number of rotatable bonds is 1. The van der Waals surface area contributed by atoms with E-state index in [9.17, 15) is 13.5 Å². The number of hydrogen-bond acceptors (Lipinski definition) is 4. The zero-order chi connectivity index (χ0) is 9.52. The standard InChI is InChI=1S/C5H9N3O3S/c1-3-4(12(6,10)11)5(9)8(2)7-3/h9H,1-2H3,(H2,6,10,11). The minimum absolute atomic E-state index is 0.192. The predicted molar refractivity (Wildman–Crippen MR) is 41.0 cm³/mol. The summed E-state index contributed by atoms with van der Waals surface area (Å²) in [5.41, 5.74) is 0.192. The third-order valence-electron chi connectivity index (χ3n) is 1.42. The summed E-state index contributed by atoms with van der Waals surface area (Å²) in [6.07, 6.45) is 0. The highest BCUT2D eigenvalue weighted by Gasteiger charge is 2.21. The van der Waals surface area contributed by atoms with Crippen molar-refractivity contribution in [3.05, 3.63) is 5.69 Å². The van der Waals surface area contributed by atoms with Crippen molar-refractivity contribution in [2.24, 2.45) is 12.2 Å². The highest BCUT2D eigenvalue weighted by atomic mass is 32.2. The molecule has 0 aliphatic carbocycles. The highest BCUT2D eigenvalue weighted by Crippen LogP contribution is 2.23. The Balaban J connectivity index is 3.54. The molecule has 0 aromatic carbocycles. The molecular formula is C5H9N3O3S. The van der Waals surface area contributed by atoms with Crippen molar-refractivity contribution in [2.45, 2.75) is 11.8 Å². The van der Waals surface area contributed by atoms with Crippen molar-refractivity contribution in [1.82, 2.24) is 9.78 Å². The van der Waals surface area contributed by atoms with Gasteiger partial charge in [0.25, 0.3) is 0 Å². The summed E-state index contributed by atoms with van der Waals surface area (Å²) in [7, 11) is -2.45. The molecule has 3 N–H and O–H groups in total. The number of aromatic hydroxyl groups is 1. The number of primary sulfonamides is 1. The van der Waals surface area contributed by atoms with Gasteiger partial charge in [0.2, 0.25) is 15.9 Å². The van der Waals surface area contributed by atoms with Crippen molar-refractivity contribution >= 4 is 10.0 Å². The molecule has 12 heavy (non-hydrogen) atoms. The molecule has 1 rings (SSSR count). The molecule has 0 unspecified atom stereocenters. The first-order valence-electron chi connectivity index (χ1n) is 3.09. The van der Waals surface area contributed by atoms with Crippen LogP contribution in [0.1, 0.15) is 5.69 Å². The van der Waals surface area contributed by atoms with Gasteiger partial charge in [-0.3, -0.25) is 0 Å². The lowest BCUT2D eigenvalue weighted by Gasteiger charge is -1.95. The maximum Gasteiger partial charge on any atom is 0.245 e. The van der Waals surface area contributed by atoms with Gasteiger partial charge in [-0.05, 0) is 6.92 Å². The Morgan fingerprint density at radius 3 is 2.25 bits per heavy atom. The molecule has 0 radical (unpaired) electrons. The van der Waals surface area contributed by atoms with E-state index in [0.717, 1.165) is 4.68 Å². The van der Waals surface area contributed by atoms with Crippen LogP contribution in [-0.2, 0) is 17.1 Å². The summed E-state index contributed by atoms with van der Waals surface area (Å²) in [5, 5.41) is 17.7. The Morgan fingerprint density at radius 2 is 2.08 bits per heavy atom. The molecule has 0 aliphatic heterocycles. The predicted octanol–water partition coefficient (Wildman–Crippen LogP) is -0.918. The average molecular weight is 191 g/mol. The van der Waals surface area contributed by atoms with E-state index in [1.54, 1.807) is 0 Å². The maximum atomic E-state index is 10.9. The number of aromatic nitrogens is 2. The minimum Gasteiger partial charge on any atom is -0.492 e. The Labute approximate surface area is 69.7 Å². The minimum atomic E-state index is -3.88. The van der Waals surface area contributed by atoms with Crippen LogP contribution >= 0.6 is 0 Å². The zero-order valence-corrected chi connectivity index (χ0v) is 7.46. The van der Waals surface area contributed by atoms with Crippen LogP contribution in [0.3, 0.4) is 0 Å². The molecule has 7 heteroatoms. The zero-order valence-electron chi connectivity index (χ0n) is 6.64. The van der Waals surface area contributed by atoms with Gasteiger partial charge in [0, 0.05) is 7.05 Å². The Kier molecular flexibility index (Phi) is 1.85. The molecule has 0 spiro atoms. The number of hydrogen-bond donors (Lipinski definition) is 2. The smallest absolute Gasteiger partial charge is 0.245 e. The van der Waals surface area contributed by atoms with Gasteiger partial charge in [0.15, 0.2) is 4.90 Å². The molecule has 0 bridgehead atoms. The SMILES string of the molecule is Cc1nn(C)c(O)c1S(N)(=O)=O. The van der Waals surface area contributed by atoms with Crippen molar-refractivity contribution in [1.29, 1.82) is 0 Å². The van der Waals surface area contributed by atoms with E-state index in [0.29, 0.717) is 0 Å². The van der Waals surface area contributed by atoms with Gasteiger partial charge in [0.1, 0.15) is 0 Å². The fourth-order valence-corrected chi connectivity index (χ4v) is 1.80. The molecule has 0 fully saturated rings. The normalized spacial score (nSPS) is 11.9. The van der Waals surface area contributed by atoms with Gasteiger partial charge in [-0.1, -0.05) is 0 Å². The second kappa shape index (κ2) is 2.46. The Morgan fingerprint density at radius 1 is 1.58 bits per heavy atom. The molecular weight excluding hydrogens is 182 g/mol. The molecule has 0 saturated heterocycles. The molecule has 1 aromatic heterocycles. The van der Waals surface area contributed by atoms with Crippen molar-refractivity contribution in [3.8, 4) is 5.88 Å². The van der Waals surface area contributed by atoms with Crippen LogP contribution < -0.4 is 5.14 Å². The fourth-order valence-electron chi connectivity index (χ4n) is 0.960. The van der Waals surface area contributed by atoms with E-state index in [-0.39, 0.29) is 10.6 Å². The number of nitrogens with zero attached hydrogens (tertiary/aromatic N) is 2. The van der Waals surface area contributed by atoms with E-state index < -0.39 is 15.9 Å². The lowest BCUT2D eigenvalue weighted by atomic mass is 10.5.